The highest BCUT2D eigenvalue weighted by Gasteiger charge is 2.20. The molecule has 0 aliphatic carbocycles. The summed E-state index contributed by atoms with van der Waals surface area (Å²) in [5.74, 6) is -0.304. The van der Waals surface area contributed by atoms with E-state index in [9.17, 15) is 13.5 Å². The molecule has 0 saturated carbocycles. The standard InChI is InChI=1S/C13H21NO5S/c1-19-10-12(14-8-5-9-20(16,17)18)13(15)11-6-3-2-4-7-11/h2-4,6-7,12-15H,5,8-10H2,1H3,(H,16,17,18)/t12-,13+/m1/s1. The normalized spacial score (nSPS) is 14.9. The van der Waals surface area contributed by atoms with E-state index in [1.165, 1.54) is 7.11 Å². The van der Waals surface area contributed by atoms with Crippen molar-refractivity contribution in [2.45, 2.75) is 18.6 Å². The molecule has 0 aromatic heterocycles. The average Bonchev–Trinajstić information content (AvgIpc) is 2.41. The van der Waals surface area contributed by atoms with Gasteiger partial charge in [0.25, 0.3) is 10.1 Å². The Bertz CT molecular complexity index is 477. The third-order valence-corrected chi connectivity index (χ3v) is 3.66. The van der Waals surface area contributed by atoms with Gasteiger partial charge in [0.1, 0.15) is 0 Å². The van der Waals surface area contributed by atoms with Crippen LogP contribution in [0.5, 0.6) is 0 Å². The quantitative estimate of drug-likeness (QED) is 0.457. The Morgan fingerprint density at radius 3 is 2.50 bits per heavy atom. The third kappa shape index (κ3) is 6.44. The van der Waals surface area contributed by atoms with Gasteiger partial charge in [-0.25, -0.2) is 0 Å². The van der Waals surface area contributed by atoms with Gasteiger partial charge in [-0.05, 0) is 18.5 Å². The third-order valence-electron chi connectivity index (χ3n) is 2.85. The van der Waals surface area contributed by atoms with Crippen LogP contribution in [0.4, 0.5) is 0 Å². The first-order valence-corrected chi connectivity index (χ1v) is 7.95. The number of hydrogen-bond donors (Lipinski definition) is 3. The van der Waals surface area contributed by atoms with Crippen LogP contribution in [0.2, 0.25) is 0 Å². The maximum atomic E-state index is 10.6. The fraction of sp³-hybridized carbons (Fsp3) is 0.538. The minimum atomic E-state index is -3.94. The Hall–Kier alpha value is -0.990. The molecule has 0 spiro atoms. The molecule has 0 heterocycles. The van der Waals surface area contributed by atoms with Crippen molar-refractivity contribution in [2.75, 3.05) is 26.0 Å². The molecule has 3 N–H and O–H groups in total. The fourth-order valence-corrected chi connectivity index (χ4v) is 2.37. The van der Waals surface area contributed by atoms with Crippen molar-refractivity contribution in [2.24, 2.45) is 0 Å². The van der Waals surface area contributed by atoms with Crippen LogP contribution in [0, 0.1) is 0 Å². The first kappa shape index (κ1) is 17.1. The number of ether oxygens (including phenoxy) is 1. The van der Waals surface area contributed by atoms with E-state index in [-0.39, 0.29) is 18.2 Å². The number of hydrogen-bond acceptors (Lipinski definition) is 5. The lowest BCUT2D eigenvalue weighted by Crippen LogP contribution is -2.39. The zero-order valence-electron chi connectivity index (χ0n) is 11.4. The summed E-state index contributed by atoms with van der Waals surface area (Å²) in [6.45, 7) is 0.652. The van der Waals surface area contributed by atoms with Crippen LogP contribution in [0.15, 0.2) is 30.3 Å². The van der Waals surface area contributed by atoms with E-state index in [2.05, 4.69) is 5.32 Å². The molecule has 114 valence electrons. The molecule has 1 aromatic carbocycles. The number of aliphatic hydroxyl groups excluding tert-OH is 1. The van der Waals surface area contributed by atoms with E-state index in [0.29, 0.717) is 13.2 Å². The number of nitrogens with one attached hydrogen (secondary N) is 1. The Morgan fingerprint density at radius 1 is 1.30 bits per heavy atom. The molecule has 0 radical (unpaired) electrons. The Morgan fingerprint density at radius 2 is 1.95 bits per heavy atom. The highest BCUT2D eigenvalue weighted by atomic mass is 32.2. The Labute approximate surface area is 119 Å². The van der Waals surface area contributed by atoms with E-state index in [4.69, 9.17) is 9.29 Å². The highest BCUT2D eigenvalue weighted by Crippen LogP contribution is 2.16. The number of benzene rings is 1. The molecule has 1 aromatic rings. The molecule has 2 atom stereocenters. The molecule has 20 heavy (non-hydrogen) atoms. The first-order valence-electron chi connectivity index (χ1n) is 6.34. The van der Waals surface area contributed by atoms with Crippen LogP contribution in [-0.2, 0) is 14.9 Å². The molecule has 0 unspecified atom stereocenters. The fourth-order valence-electron chi connectivity index (χ4n) is 1.87. The van der Waals surface area contributed by atoms with Crippen molar-refractivity contribution in [1.29, 1.82) is 0 Å². The summed E-state index contributed by atoms with van der Waals surface area (Å²) in [6, 6.07) is 8.81. The van der Waals surface area contributed by atoms with Crippen molar-refractivity contribution in [3.63, 3.8) is 0 Å². The summed E-state index contributed by atoms with van der Waals surface area (Å²) in [4.78, 5) is 0. The summed E-state index contributed by atoms with van der Waals surface area (Å²) < 4.78 is 34.9. The molecule has 0 aliphatic heterocycles. The smallest absolute Gasteiger partial charge is 0.264 e. The summed E-state index contributed by atoms with van der Waals surface area (Å²) in [5.41, 5.74) is 0.761. The average molecular weight is 303 g/mol. The number of rotatable bonds is 9. The Kier molecular flexibility index (Phi) is 7.11. The molecule has 7 heteroatoms. The first-order chi connectivity index (χ1) is 9.44. The lowest BCUT2D eigenvalue weighted by molar-refractivity contribution is 0.0699. The van der Waals surface area contributed by atoms with Crippen molar-refractivity contribution in [1.82, 2.24) is 5.32 Å². The molecule has 1 rings (SSSR count). The molecular formula is C13H21NO5S. The van der Waals surface area contributed by atoms with Gasteiger partial charge in [-0.3, -0.25) is 4.55 Å². The second kappa shape index (κ2) is 8.33. The lowest BCUT2D eigenvalue weighted by Gasteiger charge is -2.24. The van der Waals surface area contributed by atoms with E-state index >= 15 is 0 Å². The maximum Gasteiger partial charge on any atom is 0.264 e. The minimum Gasteiger partial charge on any atom is -0.387 e. The van der Waals surface area contributed by atoms with Gasteiger partial charge >= 0.3 is 0 Å². The van der Waals surface area contributed by atoms with Gasteiger partial charge in [0.15, 0.2) is 0 Å². The van der Waals surface area contributed by atoms with E-state index in [0.717, 1.165) is 5.56 Å². The van der Waals surface area contributed by atoms with Crippen LogP contribution >= 0.6 is 0 Å². The maximum absolute atomic E-state index is 10.6. The molecule has 0 amide bonds. The topological polar surface area (TPSA) is 95.9 Å². The van der Waals surface area contributed by atoms with Crippen molar-refractivity contribution >= 4 is 10.1 Å². The predicted octanol–water partition coefficient (Wildman–Crippen LogP) is 0.603. The summed E-state index contributed by atoms with van der Waals surface area (Å²) in [7, 11) is -2.41. The van der Waals surface area contributed by atoms with Crippen molar-refractivity contribution in [3.8, 4) is 0 Å². The van der Waals surface area contributed by atoms with Crippen LogP contribution in [0.3, 0.4) is 0 Å². The van der Waals surface area contributed by atoms with Gasteiger partial charge in [0.05, 0.1) is 24.5 Å². The Balaban J connectivity index is 2.51. The zero-order chi connectivity index (χ0) is 15.0. The second-order valence-electron chi connectivity index (χ2n) is 4.51. The second-order valence-corrected chi connectivity index (χ2v) is 6.08. The van der Waals surface area contributed by atoms with Crippen molar-refractivity contribution < 1.29 is 22.8 Å². The van der Waals surface area contributed by atoms with Crippen LogP contribution in [0.25, 0.3) is 0 Å². The molecule has 0 bridgehead atoms. The minimum absolute atomic E-state index is 0.264. The summed E-state index contributed by atoms with van der Waals surface area (Å²) in [6.07, 6.45) is -0.484. The molecule has 0 aliphatic rings. The summed E-state index contributed by atoms with van der Waals surface area (Å²) >= 11 is 0. The van der Waals surface area contributed by atoms with Crippen LogP contribution in [-0.4, -0.2) is 50.1 Å². The van der Waals surface area contributed by atoms with E-state index in [1.54, 1.807) is 0 Å². The molecule has 0 saturated heterocycles. The van der Waals surface area contributed by atoms with Crippen molar-refractivity contribution in [3.05, 3.63) is 35.9 Å². The predicted molar refractivity (Wildman–Crippen MR) is 76.1 cm³/mol. The zero-order valence-corrected chi connectivity index (χ0v) is 12.2. The summed E-state index contributed by atoms with van der Waals surface area (Å²) in [5, 5.41) is 13.3. The number of aliphatic hydroxyl groups is 1. The van der Waals surface area contributed by atoms with Gasteiger partial charge in [-0.2, -0.15) is 8.42 Å². The van der Waals surface area contributed by atoms with Gasteiger partial charge in [-0.15, -0.1) is 0 Å². The van der Waals surface area contributed by atoms with Gasteiger partial charge in [0.2, 0.25) is 0 Å². The molecular weight excluding hydrogens is 282 g/mol. The largest absolute Gasteiger partial charge is 0.387 e. The van der Waals surface area contributed by atoms with E-state index in [1.807, 2.05) is 30.3 Å². The highest BCUT2D eigenvalue weighted by molar-refractivity contribution is 7.85. The molecule has 6 nitrogen and oxygen atoms in total. The lowest BCUT2D eigenvalue weighted by atomic mass is 10.0. The van der Waals surface area contributed by atoms with Gasteiger partial charge < -0.3 is 15.2 Å². The van der Waals surface area contributed by atoms with Crippen LogP contribution < -0.4 is 5.32 Å². The number of methoxy groups -OCH3 is 1. The van der Waals surface area contributed by atoms with Crippen LogP contribution in [0.1, 0.15) is 18.1 Å². The SMILES string of the molecule is COC[C@@H](NCCCS(=O)(=O)O)[C@@H](O)c1ccccc1. The van der Waals surface area contributed by atoms with E-state index < -0.39 is 16.2 Å². The molecule has 0 fully saturated rings. The van der Waals surface area contributed by atoms with Gasteiger partial charge in [0, 0.05) is 7.11 Å². The van der Waals surface area contributed by atoms with Gasteiger partial charge in [-0.1, -0.05) is 30.3 Å². The monoisotopic (exact) mass is 303 g/mol.